The van der Waals surface area contributed by atoms with Crippen LogP contribution in [0.25, 0.3) is 0 Å². The van der Waals surface area contributed by atoms with Crippen LogP contribution >= 0.6 is 11.8 Å². The number of hydrogen-bond acceptors (Lipinski definition) is 4. The normalized spacial score (nSPS) is 15.4. The average molecular weight is 261 g/mol. The number of nitrogens with one attached hydrogen (secondary N) is 1. The molecule has 17 heavy (non-hydrogen) atoms. The Morgan fingerprint density at radius 1 is 1.35 bits per heavy atom. The molecule has 0 saturated carbocycles. The summed E-state index contributed by atoms with van der Waals surface area (Å²) in [5, 5.41) is 3.84. The van der Waals surface area contributed by atoms with Crippen LogP contribution in [0.5, 0.6) is 0 Å². The molecule has 0 amide bonds. The van der Waals surface area contributed by atoms with Crippen molar-refractivity contribution in [1.29, 1.82) is 0 Å². The Hall–Kier alpha value is -0.220. The van der Waals surface area contributed by atoms with E-state index in [9.17, 15) is 4.79 Å². The number of thioether (sulfide) groups is 1. The first-order chi connectivity index (χ1) is 7.76. The van der Waals surface area contributed by atoms with Gasteiger partial charge < -0.3 is 10.1 Å². The molecule has 4 heteroatoms. The Balaban J connectivity index is 3.83. The number of esters is 1. The van der Waals surface area contributed by atoms with Crippen LogP contribution in [0.1, 0.15) is 48.0 Å². The molecule has 0 spiro atoms. The molecule has 2 unspecified atom stereocenters. The molecular weight excluding hydrogens is 234 g/mol. The summed E-state index contributed by atoms with van der Waals surface area (Å²) in [6, 6.07) is 0.419. The van der Waals surface area contributed by atoms with E-state index in [4.69, 9.17) is 4.74 Å². The summed E-state index contributed by atoms with van der Waals surface area (Å²) in [6.45, 7) is 13.2. The zero-order valence-corrected chi connectivity index (χ0v) is 12.8. The molecular formula is C13H27NO2S. The van der Waals surface area contributed by atoms with Crippen LogP contribution < -0.4 is 5.32 Å². The van der Waals surface area contributed by atoms with Crippen molar-refractivity contribution in [2.75, 3.05) is 12.3 Å². The van der Waals surface area contributed by atoms with E-state index in [0.717, 1.165) is 13.0 Å². The van der Waals surface area contributed by atoms with Crippen LogP contribution in [0.3, 0.4) is 0 Å². The summed E-state index contributed by atoms with van der Waals surface area (Å²) in [6.07, 6.45) is 1.13. The Labute approximate surface area is 110 Å². The molecule has 0 aromatic heterocycles. The Morgan fingerprint density at radius 2 is 1.94 bits per heavy atom. The molecule has 0 bridgehead atoms. The van der Waals surface area contributed by atoms with Crippen molar-refractivity contribution in [2.45, 2.75) is 64.9 Å². The minimum atomic E-state index is -0.382. The second-order valence-corrected chi connectivity index (χ2v) is 6.71. The van der Waals surface area contributed by atoms with E-state index in [2.05, 4.69) is 26.1 Å². The number of carbonyl (C=O) groups is 1. The number of hydrogen-bond donors (Lipinski definition) is 1. The van der Waals surface area contributed by atoms with Gasteiger partial charge in [-0.2, -0.15) is 0 Å². The van der Waals surface area contributed by atoms with E-state index in [0.29, 0.717) is 17.0 Å². The molecule has 0 aliphatic heterocycles. The van der Waals surface area contributed by atoms with Crippen molar-refractivity contribution in [3.8, 4) is 0 Å². The predicted molar refractivity (Wildman–Crippen MR) is 75.5 cm³/mol. The molecule has 0 fully saturated rings. The lowest BCUT2D eigenvalue weighted by atomic mass is 10.2. The molecule has 3 nitrogen and oxygen atoms in total. The largest absolute Gasteiger partial charge is 0.459 e. The van der Waals surface area contributed by atoms with E-state index in [-0.39, 0.29) is 11.6 Å². The molecule has 2 atom stereocenters. The highest BCUT2D eigenvalue weighted by Crippen LogP contribution is 2.16. The van der Waals surface area contributed by atoms with Gasteiger partial charge in [-0.25, -0.2) is 0 Å². The van der Waals surface area contributed by atoms with Crippen molar-refractivity contribution in [1.82, 2.24) is 5.32 Å². The van der Waals surface area contributed by atoms with Gasteiger partial charge in [-0.05, 0) is 40.7 Å². The molecule has 0 heterocycles. The maximum Gasteiger partial charge on any atom is 0.316 e. The van der Waals surface area contributed by atoms with Crippen LogP contribution in [0.4, 0.5) is 0 Å². The lowest BCUT2D eigenvalue weighted by Crippen LogP contribution is -2.35. The molecule has 0 aromatic rings. The van der Waals surface area contributed by atoms with Gasteiger partial charge in [0.15, 0.2) is 0 Å². The zero-order chi connectivity index (χ0) is 13.5. The highest BCUT2D eigenvalue weighted by Gasteiger charge is 2.18. The maximum absolute atomic E-state index is 11.5. The van der Waals surface area contributed by atoms with Gasteiger partial charge in [-0.15, -0.1) is 11.8 Å². The van der Waals surface area contributed by atoms with E-state index in [1.54, 1.807) is 11.8 Å². The minimum absolute atomic E-state index is 0.128. The summed E-state index contributed by atoms with van der Waals surface area (Å²) in [4.78, 5) is 11.5. The fourth-order valence-corrected chi connectivity index (χ4v) is 2.10. The summed E-state index contributed by atoms with van der Waals surface area (Å²) in [5.74, 6) is 0.299. The van der Waals surface area contributed by atoms with Gasteiger partial charge in [0.1, 0.15) is 5.60 Å². The highest BCUT2D eigenvalue weighted by molar-refractivity contribution is 8.00. The summed E-state index contributed by atoms with van der Waals surface area (Å²) in [5.41, 5.74) is -0.382. The minimum Gasteiger partial charge on any atom is -0.459 e. The van der Waals surface area contributed by atoms with Crippen molar-refractivity contribution < 1.29 is 9.53 Å². The second kappa shape index (κ2) is 7.98. The van der Waals surface area contributed by atoms with Gasteiger partial charge in [-0.3, -0.25) is 4.79 Å². The molecule has 0 rings (SSSR count). The van der Waals surface area contributed by atoms with E-state index in [1.807, 2.05) is 20.8 Å². The molecule has 0 aliphatic carbocycles. The van der Waals surface area contributed by atoms with Crippen LogP contribution in [0.2, 0.25) is 0 Å². The van der Waals surface area contributed by atoms with Crippen LogP contribution in [-0.4, -0.2) is 35.2 Å². The summed E-state index contributed by atoms with van der Waals surface area (Å²) in [7, 11) is 0. The first kappa shape index (κ1) is 16.8. The number of carbonyl (C=O) groups excluding carboxylic acids is 1. The fourth-order valence-electron chi connectivity index (χ4n) is 1.25. The molecule has 0 saturated heterocycles. The highest BCUT2D eigenvalue weighted by atomic mass is 32.2. The molecule has 0 aromatic carbocycles. The number of rotatable bonds is 7. The quantitative estimate of drug-likeness (QED) is 0.715. The van der Waals surface area contributed by atoms with Gasteiger partial charge >= 0.3 is 5.97 Å². The number of ether oxygens (including phenoxy) is 1. The predicted octanol–water partition coefficient (Wildman–Crippen LogP) is 2.84. The maximum atomic E-state index is 11.5. The molecule has 102 valence electrons. The zero-order valence-electron chi connectivity index (χ0n) is 12.0. The monoisotopic (exact) mass is 261 g/mol. The third-order valence-electron chi connectivity index (χ3n) is 2.30. The standard InChI is InChI=1S/C13H27NO2S/c1-7-8-14-10(2)11(3)17-9-12(15)16-13(4,5)6/h10-11,14H,7-9H2,1-6H3. The van der Waals surface area contributed by atoms with Crippen molar-refractivity contribution in [3.05, 3.63) is 0 Å². The average Bonchev–Trinajstić information content (AvgIpc) is 2.20. The van der Waals surface area contributed by atoms with Crippen molar-refractivity contribution in [3.63, 3.8) is 0 Å². The fraction of sp³-hybridized carbons (Fsp3) is 0.923. The molecule has 0 radical (unpaired) electrons. The van der Waals surface area contributed by atoms with Gasteiger partial charge in [-0.1, -0.05) is 13.8 Å². The third kappa shape index (κ3) is 9.48. The lowest BCUT2D eigenvalue weighted by Gasteiger charge is -2.22. The Kier molecular flexibility index (Phi) is 7.88. The third-order valence-corrected chi connectivity index (χ3v) is 3.64. The van der Waals surface area contributed by atoms with Crippen molar-refractivity contribution >= 4 is 17.7 Å². The van der Waals surface area contributed by atoms with Gasteiger partial charge in [0.05, 0.1) is 5.75 Å². The van der Waals surface area contributed by atoms with Crippen LogP contribution in [0, 0.1) is 0 Å². The van der Waals surface area contributed by atoms with E-state index in [1.165, 1.54) is 0 Å². The van der Waals surface area contributed by atoms with E-state index < -0.39 is 0 Å². The SMILES string of the molecule is CCCNC(C)C(C)SCC(=O)OC(C)(C)C. The van der Waals surface area contributed by atoms with Gasteiger partial charge in [0, 0.05) is 11.3 Å². The topological polar surface area (TPSA) is 38.3 Å². The second-order valence-electron chi connectivity index (χ2n) is 5.35. The first-order valence-electron chi connectivity index (χ1n) is 6.33. The smallest absolute Gasteiger partial charge is 0.316 e. The van der Waals surface area contributed by atoms with Crippen LogP contribution in [0.15, 0.2) is 0 Å². The van der Waals surface area contributed by atoms with E-state index >= 15 is 0 Å². The molecule has 0 aliphatic rings. The summed E-state index contributed by atoms with van der Waals surface area (Å²) >= 11 is 1.65. The first-order valence-corrected chi connectivity index (χ1v) is 7.38. The van der Waals surface area contributed by atoms with Gasteiger partial charge in [0.25, 0.3) is 0 Å². The van der Waals surface area contributed by atoms with Gasteiger partial charge in [0.2, 0.25) is 0 Å². The van der Waals surface area contributed by atoms with Crippen molar-refractivity contribution in [2.24, 2.45) is 0 Å². The lowest BCUT2D eigenvalue weighted by molar-refractivity contribution is -0.151. The molecule has 1 N–H and O–H groups in total. The Bertz CT molecular complexity index is 226. The van der Waals surface area contributed by atoms with Crippen LogP contribution in [-0.2, 0) is 9.53 Å². The Morgan fingerprint density at radius 3 is 2.41 bits per heavy atom. The summed E-state index contributed by atoms with van der Waals surface area (Å²) < 4.78 is 5.27.